The molecule has 3 rings (SSSR count). The van der Waals surface area contributed by atoms with Crippen molar-refractivity contribution in [1.29, 1.82) is 0 Å². The maximum Gasteiger partial charge on any atom is 0.252 e. The molecule has 2 aliphatic heterocycles. The lowest BCUT2D eigenvalue weighted by atomic mass is 9.96. The van der Waals surface area contributed by atoms with Crippen molar-refractivity contribution in [3.63, 3.8) is 0 Å². The Balaban J connectivity index is 1.61. The van der Waals surface area contributed by atoms with E-state index in [9.17, 15) is 4.79 Å². The van der Waals surface area contributed by atoms with Crippen LogP contribution in [0.3, 0.4) is 0 Å². The average molecular weight is 319 g/mol. The van der Waals surface area contributed by atoms with Gasteiger partial charge in [-0.1, -0.05) is 0 Å². The molecule has 2 atom stereocenters. The average Bonchev–Trinajstić information content (AvgIpc) is 3.11. The number of nitrogens with zero attached hydrogens (tertiary/aromatic N) is 2. The van der Waals surface area contributed by atoms with Gasteiger partial charge < -0.3 is 14.8 Å². The Morgan fingerprint density at radius 2 is 2.17 bits per heavy atom. The smallest absolute Gasteiger partial charge is 0.252 e. The van der Waals surface area contributed by atoms with Crippen molar-refractivity contribution in [2.24, 2.45) is 5.92 Å². The Bertz CT molecular complexity index is 508. The van der Waals surface area contributed by atoms with Crippen molar-refractivity contribution >= 4 is 5.91 Å². The number of carbonyl (C=O) groups is 1. The third-order valence-corrected chi connectivity index (χ3v) is 4.67. The molecule has 0 aromatic carbocycles. The van der Waals surface area contributed by atoms with E-state index in [0.29, 0.717) is 24.1 Å². The number of ether oxygens (including phenoxy) is 2. The second-order valence-corrected chi connectivity index (χ2v) is 6.24. The molecule has 0 bridgehead atoms. The second kappa shape index (κ2) is 7.86. The molecule has 3 heterocycles. The molecule has 0 spiro atoms. The number of aromatic nitrogens is 1. The number of aryl methyl sites for hydroxylation is 1. The number of amides is 1. The lowest BCUT2D eigenvalue weighted by Crippen LogP contribution is -2.52. The Kier molecular flexibility index (Phi) is 5.59. The maximum atomic E-state index is 12.3. The molecule has 1 N–H and O–H groups in total. The highest BCUT2D eigenvalue weighted by atomic mass is 16.5. The Morgan fingerprint density at radius 3 is 2.83 bits per heavy atom. The molecule has 2 aliphatic rings. The zero-order valence-electron chi connectivity index (χ0n) is 13.7. The van der Waals surface area contributed by atoms with E-state index in [2.05, 4.69) is 15.2 Å². The number of hydrogen-bond donors (Lipinski definition) is 1. The van der Waals surface area contributed by atoms with Crippen LogP contribution in [0.2, 0.25) is 0 Å². The van der Waals surface area contributed by atoms with Crippen LogP contribution in [0.25, 0.3) is 0 Å². The van der Waals surface area contributed by atoms with Gasteiger partial charge in [0.2, 0.25) is 0 Å². The van der Waals surface area contributed by atoms with E-state index in [4.69, 9.17) is 9.47 Å². The van der Waals surface area contributed by atoms with Gasteiger partial charge in [0.1, 0.15) is 0 Å². The van der Waals surface area contributed by atoms with Crippen molar-refractivity contribution in [2.75, 3.05) is 46.1 Å². The van der Waals surface area contributed by atoms with Crippen molar-refractivity contribution < 1.29 is 14.3 Å². The number of nitrogens with one attached hydrogen (secondary N) is 1. The van der Waals surface area contributed by atoms with Gasteiger partial charge in [-0.2, -0.15) is 0 Å². The molecular formula is C17H25N3O3. The molecule has 1 aromatic rings. The molecule has 0 unspecified atom stereocenters. The molecule has 0 aliphatic carbocycles. The van der Waals surface area contributed by atoms with Gasteiger partial charge >= 0.3 is 0 Å². The Hall–Kier alpha value is -1.50. The van der Waals surface area contributed by atoms with E-state index in [0.717, 1.165) is 51.6 Å². The number of morpholine rings is 1. The van der Waals surface area contributed by atoms with Crippen LogP contribution in [0.4, 0.5) is 0 Å². The lowest BCUT2D eigenvalue weighted by Gasteiger charge is -2.37. The predicted octanol–water partition coefficient (Wildman–Crippen LogP) is 0.857. The van der Waals surface area contributed by atoms with Gasteiger partial charge in [-0.15, -0.1) is 0 Å². The van der Waals surface area contributed by atoms with E-state index >= 15 is 0 Å². The second-order valence-electron chi connectivity index (χ2n) is 6.24. The molecule has 0 radical (unpaired) electrons. The summed E-state index contributed by atoms with van der Waals surface area (Å²) in [4.78, 5) is 18.9. The normalized spacial score (nSPS) is 23.6. The molecule has 1 aromatic heterocycles. The first kappa shape index (κ1) is 16.4. The SMILES string of the molecule is Cc1ccc(C(=O)NC[C@H]([C@H]2CCOC2)N2CCOCC2)cn1. The standard InChI is InChI=1S/C17H25N3O3/c1-13-2-3-14(10-18-13)17(21)19-11-16(15-4-7-23-12-15)20-5-8-22-9-6-20/h2-3,10,15-16H,4-9,11-12H2,1H3,(H,19,21)/t15-,16+/m0/s1. The monoisotopic (exact) mass is 319 g/mol. The zero-order chi connectivity index (χ0) is 16.1. The summed E-state index contributed by atoms with van der Waals surface area (Å²) in [6.45, 7) is 7.52. The third kappa shape index (κ3) is 4.28. The van der Waals surface area contributed by atoms with Crippen molar-refractivity contribution in [3.8, 4) is 0 Å². The van der Waals surface area contributed by atoms with Crippen LogP contribution < -0.4 is 5.32 Å². The summed E-state index contributed by atoms with van der Waals surface area (Å²) in [5, 5.41) is 3.08. The molecule has 23 heavy (non-hydrogen) atoms. The third-order valence-electron chi connectivity index (χ3n) is 4.67. The van der Waals surface area contributed by atoms with E-state index < -0.39 is 0 Å². The highest BCUT2D eigenvalue weighted by Gasteiger charge is 2.31. The summed E-state index contributed by atoms with van der Waals surface area (Å²) in [7, 11) is 0. The quantitative estimate of drug-likeness (QED) is 0.872. The molecule has 6 nitrogen and oxygen atoms in total. The van der Waals surface area contributed by atoms with Crippen LogP contribution in [0.1, 0.15) is 22.5 Å². The lowest BCUT2D eigenvalue weighted by molar-refractivity contribution is 0.00166. The molecule has 2 saturated heterocycles. The molecule has 1 amide bonds. The number of pyridine rings is 1. The van der Waals surface area contributed by atoms with Crippen LogP contribution in [0.15, 0.2) is 18.3 Å². The molecule has 2 fully saturated rings. The summed E-state index contributed by atoms with van der Waals surface area (Å²) >= 11 is 0. The maximum absolute atomic E-state index is 12.3. The fraction of sp³-hybridized carbons (Fsp3) is 0.647. The Labute approximate surface area is 137 Å². The topological polar surface area (TPSA) is 63.7 Å². The summed E-state index contributed by atoms with van der Waals surface area (Å²) in [6.07, 6.45) is 2.69. The van der Waals surface area contributed by atoms with Crippen molar-refractivity contribution in [3.05, 3.63) is 29.6 Å². The van der Waals surface area contributed by atoms with Crippen LogP contribution in [-0.4, -0.2) is 67.9 Å². The summed E-state index contributed by atoms with van der Waals surface area (Å²) in [5.74, 6) is 0.416. The van der Waals surface area contributed by atoms with Gasteiger partial charge in [0.15, 0.2) is 0 Å². The minimum Gasteiger partial charge on any atom is -0.381 e. The first-order valence-corrected chi connectivity index (χ1v) is 8.34. The molecule has 126 valence electrons. The van der Waals surface area contributed by atoms with Crippen LogP contribution in [0, 0.1) is 12.8 Å². The van der Waals surface area contributed by atoms with Crippen LogP contribution in [-0.2, 0) is 9.47 Å². The van der Waals surface area contributed by atoms with Gasteiger partial charge in [-0.05, 0) is 25.5 Å². The molecule has 0 saturated carbocycles. The highest BCUT2D eigenvalue weighted by Crippen LogP contribution is 2.22. The summed E-state index contributed by atoms with van der Waals surface area (Å²) in [6, 6.07) is 3.99. The van der Waals surface area contributed by atoms with Gasteiger partial charge in [0.05, 0.1) is 25.4 Å². The number of rotatable bonds is 5. The number of hydrogen-bond acceptors (Lipinski definition) is 5. The minimum atomic E-state index is -0.0605. The highest BCUT2D eigenvalue weighted by molar-refractivity contribution is 5.93. The number of carbonyl (C=O) groups excluding carboxylic acids is 1. The minimum absolute atomic E-state index is 0.0605. The van der Waals surface area contributed by atoms with Crippen molar-refractivity contribution in [1.82, 2.24) is 15.2 Å². The summed E-state index contributed by atoms with van der Waals surface area (Å²) < 4.78 is 11.0. The van der Waals surface area contributed by atoms with Crippen LogP contribution >= 0.6 is 0 Å². The van der Waals surface area contributed by atoms with Gasteiger partial charge in [-0.3, -0.25) is 14.7 Å². The fourth-order valence-electron chi connectivity index (χ4n) is 3.26. The van der Waals surface area contributed by atoms with E-state index in [-0.39, 0.29) is 5.91 Å². The van der Waals surface area contributed by atoms with E-state index in [1.165, 1.54) is 0 Å². The van der Waals surface area contributed by atoms with Gasteiger partial charge in [0.25, 0.3) is 5.91 Å². The van der Waals surface area contributed by atoms with E-state index in [1.807, 2.05) is 19.1 Å². The fourth-order valence-corrected chi connectivity index (χ4v) is 3.26. The van der Waals surface area contributed by atoms with E-state index in [1.54, 1.807) is 6.20 Å². The zero-order valence-corrected chi connectivity index (χ0v) is 13.7. The molecular weight excluding hydrogens is 294 g/mol. The van der Waals surface area contributed by atoms with Gasteiger partial charge in [0, 0.05) is 50.1 Å². The van der Waals surface area contributed by atoms with Crippen LogP contribution in [0.5, 0.6) is 0 Å². The van der Waals surface area contributed by atoms with Crippen molar-refractivity contribution in [2.45, 2.75) is 19.4 Å². The largest absolute Gasteiger partial charge is 0.381 e. The first-order valence-electron chi connectivity index (χ1n) is 8.34. The first-order chi connectivity index (χ1) is 11.2. The summed E-state index contributed by atoms with van der Waals surface area (Å²) in [5.41, 5.74) is 1.52. The molecule has 6 heteroatoms. The van der Waals surface area contributed by atoms with Gasteiger partial charge in [-0.25, -0.2) is 0 Å². The Morgan fingerprint density at radius 1 is 1.35 bits per heavy atom. The predicted molar refractivity (Wildman–Crippen MR) is 86.4 cm³/mol.